The fourth-order valence-corrected chi connectivity index (χ4v) is 5.31. The Labute approximate surface area is 181 Å². The highest BCUT2D eigenvalue weighted by Gasteiger charge is 2.29. The van der Waals surface area contributed by atoms with Gasteiger partial charge in [-0.25, -0.2) is 12.8 Å². The largest absolute Gasteiger partial charge is 0.451 e. The van der Waals surface area contributed by atoms with E-state index in [0.29, 0.717) is 35.5 Å². The molecule has 1 N–H and O–H groups in total. The second-order valence-corrected chi connectivity index (χ2v) is 10.0. The van der Waals surface area contributed by atoms with Gasteiger partial charge in [-0.1, -0.05) is 19.1 Å². The Morgan fingerprint density at radius 1 is 1.16 bits per heavy atom. The van der Waals surface area contributed by atoms with E-state index in [1.54, 1.807) is 31.2 Å². The van der Waals surface area contributed by atoms with Crippen LogP contribution in [0, 0.1) is 18.7 Å². The highest BCUT2D eigenvalue weighted by molar-refractivity contribution is 7.89. The van der Waals surface area contributed by atoms with E-state index < -0.39 is 15.9 Å². The molecule has 8 heteroatoms. The molecule has 1 amide bonds. The number of benzene rings is 2. The van der Waals surface area contributed by atoms with Crippen LogP contribution in [0.1, 0.15) is 41.4 Å². The zero-order valence-corrected chi connectivity index (χ0v) is 18.3. The molecule has 0 saturated carbocycles. The highest BCUT2D eigenvalue weighted by atomic mass is 32.2. The van der Waals surface area contributed by atoms with Crippen molar-refractivity contribution in [3.63, 3.8) is 0 Å². The summed E-state index contributed by atoms with van der Waals surface area (Å²) in [7, 11) is -3.59. The van der Waals surface area contributed by atoms with Crippen molar-refractivity contribution in [3.8, 4) is 0 Å². The number of carbonyl (C=O) groups is 1. The monoisotopic (exact) mass is 444 g/mol. The van der Waals surface area contributed by atoms with Gasteiger partial charge in [0.15, 0.2) is 5.76 Å². The van der Waals surface area contributed by atoms with Crippen molar-refractivity contribution in [2.24, 2.45) is 5.92 Å². The van der Waals surface area contributed by atoms with Crippen molar-refractivity contribution >= 4 is 26.9 Å². The molecule has 0 bridgehead atoms. The fraction of sp³-hybridized carbons (Fsp3) is 0.348. The predicted octanol–water partition coefficient (Wildman–Crippen LogP) is 4.23. The molecule has 1 aliphatic rings. The number of sulfonamides is 1. The molecule has 0 unspecified atom stereocenters. The summed E-state index contributed by atoms with van der Waals surface area (Å²) in [6.45, 7) is 5.12. The summed E-state index contributed by atoms with van der Waals surface area (Å²) in [5.41, 5.74) is 1.79. The number of nitrogens with one attached hydrogen (secondary N) is 1. The van der Waals surface area contributed by atoms with Gasteiger partial charge in [-0.15, -0.1) is 0 Å². The Balaban J connectivity index is 1.56. The number of aryl methyl sites for hydroxylation is 1. The molecule has 0 atom stereocenters. The van der Waals surface area contributed by atoms with E-state index in [1.165, 1.54) is 22.5 Å². The van der Waals surface area contributed by atoms with Crippen LogP contribution in [0.2, 0.25) is 0 Å². The van der Waals surface area contributed by atoms with Crippen LogP contribution in [-0.4, -0.2) is 31.7 Å². The van der Waals surface area contributed by atoms with Crippen LogP contribution >= 0.6 is 0 Å². The molecule has 0 radical (unpaired) electrons. The first-order valence-electron chi connectivity index (χ1n) is 10.3. The standard InChI is InChI=1S/C23H25FN2O4S/c1-15-9-11-26(12-10-15)31(28,29)19-7-8-21-20(13-19)16(2)22(30-21)23(27)25-14-17-3-5-18(24)6-4-17/h3-8,13,15H,9-12,14H2,1-2H3,(H,25,27). The molecular weight excluding hydrogens is 419 g/mol. The molecule has 0 spiro atoms. The number of rotatable bonds is 5. The quantitative estimate of drug-likeness (QED) is 0.639. The van der Waals surface area contributed by atoms with Crippen LogP contribution in [-0.2, 0) is 16.6 Å². The average molecular weight is 445 g/mol. The molecule has 2 heterocycles. The lowest BCUT2D eigenvalue weighted by molar-refractivity contribution is 0.0924. The van der Waals surface area contributed by atoms with Crippen LogP contribution in [0.4, 0.5) is 4.39 Å². The summed E-state index contributed by atoms with van der Waals surface area (Å²) >= 11 is 0. The number of carbonyl (C=O) groups excluding carboxylic acids is 1. The van der Waals surface area contributed by atoms with E-state index in [4.69, 9.17) is 4.42 Å². The highest BCUT2D eigenvalue weighted by Crippen LogP contribution is 2.30. The molecule has 3 aromatic rings. The van der Waals surface area contributed by atoms with Crippen molar-refractivity contribution in [2.75, 3.05) is 13.1 Å². The third kappa shape index (κ3) is 4.36. The van der Waals surface area contributed by atoms with E-state index in [9.17, 15) is 17.6 Å². The summed E-state index contributed by atoms with van der Waals surface area (Å²) < 4.78 is 46.4. The maximum atomic E-state index is 13.1. The number of nitrogens with zero attached hydrogens (tertiary/aromatic N) is 1. The number of halogens is 1. The Kier molecular flexibility index (Phi) is 5.85. The molecule has 0 aliphatic carbocycles. The Hall–Kier alpha value is -2.71. The van der Waals surface area contributed by atoms with Gasteiger partial charge in [0.1, 0.15) is 11.4 Å². The van der Waals surface area contributed by atoms with Crippen LogP contribution in [0.5, 0.6) is 0 Å². The lowest BCUT2D eigenvalue weighted by Crippen LogP contribution is -2.37. The Morgan fingerprint density at radius 2 is 1.84 bits per heavy atom. The third-order valence-corrected chi connectivity index (χ3v) is 7.76. The van der Waals surface area contributed by atoms with Gasteiger partial charge < -0.3 is 9.73 Å². The van der Waals surface area contributed by atoms with Gasteiger partial charge in [-0.2, -0.15) is 4.31 Å². The molecule has 1 fully saturated rings. The lowest BCUT2D eigenvalue weighted by Gasteiger charge is -2.29. The van der Waals surface area contributed by atoms with Gasteiger partial charge in [-0.3, -0.25) is 4.79 Å². The normalized spacial score (nSPS) is 16.0. The number of amides is 1. The molecule has 2 aromatic carbocycles. The second-order valence-electron chi connectivity index (χ2n) is 8.11. The molecule has 1 saturated heterocycles. The predicted molar refractivity (Wildman–Crippen MR) is 116 cm³/mol. The van der Waals surface area contributed by atoms with E-state index >= 15 is 0 Å². The maximum Gasteiger partial charge on any atom is 0.287 e. The van der Waals surface area contributed by atoms with Crippen molar-refractivity contribution in [1.29, 1.82) is 0 Å². The number of furan rings is 1. The van der Waals surface area contributed by atoms with Gasteiger partial charge in [0.2, 0.25) is 10.0 Å². The van der Waals surface area contributed by atoms with E-state index in [0.717, 1.165) is 18.4 Å². The number of hydrogen-bond donors (Lipinski definition) is 1. The van der Waals surface area contributed by atoms with Gasteiger partial charge in [0.05, 0.1) is 4.90 Å². The topological polar surface area (TPSA) is 79.6 Å². The summed E-state index contributed by atoms with van der Waals surface area (Å²) in [6.07, 6.45) is 1.70. The smallest absolute Gasteiger partial charge is 0.287 e. The van der Waals surface area contributed by atoms with Crippen LogP contribution in [0.15, 0.2) is 51.8 Å². The first-order valence-corrected chi connectivity index (χ1v) is 11.8. The molecule has 4 rings (SSSR count). The van der Waals surface area contributed by atoms with Crippen LogP contribution < -0.4 is 5.32 Å². The molecule has 6 nitrogen and oxygen atoms in total. The second kappa shape index (κ2) is 8.43. The minimum Gasteiger partial charge on any atom is -0.451 e. The van der Waals surface area contributed by atoms with Gasteiger partial charge in [0, 0.05) is 30.6 Å². The van der Waals surface area contributed by atoms with Gasteiger partial charge >= 0.3 is 0 Å². The Bertz CT molecular complexity index is 1210. The van der Waals surface area contributed by atoms with E-state index in [1.807, 2.05) is 0 Å². The van der Waals surface area contributed by atoms with Crippen molar-refractivity contribution < 1.29 is 22.0 Å². The average Bonchev–Trinajstić information content (AvgIpc) is 3.09. The van der Waals surface area contributed by atoms with Crippen molar-refractivity contribution in [1.82, 2.24) is 9.62 Å². The number of hydrogen-bond acceptors (Lipinski definition) is 4. The molecular formula is C23H25FN2O4S. The number of piperidine rings is 1. The van der Waals surface area contributed by atoms with Gasteiger partial charge in [0.25, 0.3) is 5.91 Å². The van der Waals surface area contributed by atoms with Crippen molar-refractivity contribution in [3.05, 3.63) is 65.2 Å². The molecule has 164 valence electrons. The lowest BCUT2D eigenvalue weighted by atomic mass is 10.0. The molecule has 1 aliphatic heterocycles. The maximum absolute atomic E-state index is 13.1. The summed E-state index contributed by atoms with van der Waals surface area (Å²) in [5, 5.41) is 3.35. The minimum absolute atomic E-state index is 0.137. The van der Waals surface area contributed by atoms with Crippen molar-refractivity contribution in [2.45, 2.75) is 38.1 Å². The van der Waals surface area contributed by atoms with Crippen LogP contribution in [0.3, 0.4) is 0 Å². The first-order chi connectivity index (χ1) is 14.8. The summed E-state index contributed by atoms with van der Waals surface area (Å²) in [4.78, 5) is 12.8. The third-order valence-electron chi connectivity index (χ3n) is 5.86. The minimum atomic E-state index is -3.59. The van der Waals surface area contributed by atoms with E-state index in [-0.39, 0.29) is 23.0 Å². The zero-order chi connectivity index (χ0) is 22.2. The summed E-state index contributed by atoms with van der Waals surface area (Å²) in [6, 6.07) is 10.6. The SMILES string of the molecule is Cc1c(C(=O)NCc2ccc(F)cc2)oc2ccc(S(=O)(=O)N3CCC(C)CC3)cc12. The zero-order valence-electron chi connectivity index (χ0n) is 17.5. The van der Waals surface area contributed by atoms with Crippen LogP contribution in [0.25, 0.3) is 11.0 Å². The number of fused-ring (bicyclic) bond motifs is 1. The first kappa shape index (κ1) is 21.5. The summed E-state index contributed by atoms with van der Waals surface area (Å²) in [5.74, 6) is -0.0834. The molecule has 31 heavy (non-hydrogen) atoms. The fourth-order valence-electron chi connectivity index (χ4n) is 3.82. The molecule has 1 aromatic heterocycles. The Morgan fingerprint density at radius 3 is 2.52 bits per heavy atom. The van der Waals surface area contributed by atoms with Gasteiger partial charge in [-0.05, 0) is 61.6 Å². The van der Waals surface area contributed by atoms with E-state index in [2.05, 4.69) is 12.2 Å².